The monoisotopic (exact) mass is 190 g/mol. The molecule has 0 fully saturated rings. The zero-order chi connectivity index (χ0) is 9.94. The molecule has 72 valence electrons. The molecule has 1 nitrogen and oxygen atoms in total. The van der Waals surface area contributed by atoms with Crippen molar-refractivity contribution in [1.29, 1.82) is 0 Å². The Morgan fingerprint density at radius 2 is 1.67 bits per heavy atom. The zero-order valence-corrected chi connectivity index (χ0v) is 9.86. The topological polar surface area (TPSA) is 9.23 Å². The maximum absolute atomic E-state index is 13.2. The van der Waals surface area contributed by atoms with E-state index in [9.17, 15) is 4.11 Å². The summed E-state index contributed by atoms with van der Waals surface area (Å²) in [7, 11) is -2.90. The van der Waals surface area contributed by atoms with Gasteiger partial charge in [0.2, 0.25) is 0 Å². The lowest BCUT2D eigenvalue weighted by molar-refractivity contribution is 0.319. The second kappa shape index (κ2) is 4.08. The summed E-state index contributed by atoms with van der Waals surface area (Å²) in [6.07, 6.45) is 0. The number of rotatable bonds is 3. The summed E-state index contributed by atoms with van der Waals surface area (Å²) in [4.78, 5) is 0. The number of halogens is 1. The minimum absolute atomic E-state index is 0.275. The Balaban J connectivity index is 4.49. The highest BCUT2D eigenvalue weighted by atomic mass is 28.4. The van der Waals surface area contributed by atoms with E-state index in [-0.39, 0.29) is 5.92 Å². The Bertz CT molecular complexity index is 175. The molecule has 0 amide bonds. The van der Waals surface area contributed by atoms with Gasteiger partial charge in [-0.15, -0.1) is 0 Å². The summed E-state index contributed by atoms with van der Waals surface area (Å²) in [6.45, 7) is 11.0. The Labute approximate surface area is 75.9 Å². The molecule has 0 N–H and O–H groups in total. The van der Waals surface area contributed by atoms with Crippen LogP contribution < -0.4 is 0 Å². The number of hydrogen-bond acceptors (Lipinski definition) is 1. The van der Waals surface area contributed by atoms with Crippen molar-refractivity contribution in [3.63, 3.8) is 0 Å². The molecule has 3 heteroatoms. The first-order valence-corrected chi connectivity index (χ1v) is 7.08. The van der Waals surface area contributed by atoms with E-state index < -0.39 is 8.65 Å². The number of hydrogen-bond donors (Lipinski definition) is 0. The summed E-state index contributed by atoms with van der Waals surface area (Å²) >= 11 is 0. The molecule has 0 aromatic heterocycles. The van der Waals surface area contributed by atoms with Crippen molar-refractivity contribution in [1.82, 2.24) is 0 Å². The van der Waals surface area contributed by atoms with Gasteiger partial charge in [0.25, 0.3) is 0 Å². The molecule has 0 aliphatic carbocycles. The Morgan fingerprint density at radius 3 is 1.75 bits per heavy atom. The molecular formula is C9H19FOSi. The zero-order valence-electron chi connectivity index (χ0n) is 8.86. The van der Waals surface area contributed by atoms with E-state index in [1.54, 1.807) is 13.1 Å². The van der Waals surface area contributed by atoms with Crippen LogP contribution >= 0.6 is 0 Å². The van der Waals surface area contributed by atoms with E-state index in [0.29, 0.717) is 0 Å². The molecule has 0 atom stereocenters. The molecule has 12 heavy (non-hydrogen) atoms. The van der Waals surface area contributed by atoms with Crippen LogP contribution in [0.4, 0.5) is 4.11 Å². The van der Waals surface area contributed by atoms with E-state index >= 15 is 0 Å². The highest BCUT2D eigenvalue weighted by Crippen LogP contribution is 2.21. The van der Waals surface area contributed by atoms with Crippen molar-refractivity contribution in [2.45, 2.75) is 40.8 Å². The largest absolute Gasteiger partial charge is 0.521 e. The van der Waals surface area contributed by atoms with Crippen LogP contribution in [0.2, 0.25) is 13.1 Å². The van der Waals surface area contributed by atoms with Crippen LogP contribution in [-0.2, 0) is 4.43 Å². The lowest BCUT2D eigenvalue weighted by Crippen LogP contribution is -2.25. The SMILES string of the molecule is CC(C)=C(O[Si](C)(C)F)C(C)C. The molecular weight excluding hydrogens is 171 g/mol. The first kappa shape index (κ1) is 11.7. The van der Waals surface area contributed by atoms with Gasteiger partial charge in [-0.2, -0.15) is 0 Å². The average molecular weight is 190 g/mol. The Morgan fingerprint density at radius 1 is 1.25 bits per heavy atom. The van der Waals surface area contributed by atoms with Gasteiger partial charge in [-0.25, -0.2) is 0 Å². The second-order valence-corrected chi connectivity index (χ2v) is 6.92. The van der Waals surface area contributed by atoms with Crippen LogP contribution in [0.5, 0.6) is 0 Å². The van der Waals surface area contributed by atoms with Crippen LogP contribution in [-0.4, -0.2) is 8.65 Å². The Kier molecular flexibility index (Phi) is 3.97. The molecule has 0 spiro atoms. The van der Waals surface area contributed by atoms with Crippen LogP contribution in [0.25, 0.3) is 0 Å². The van der Waals surface area contributed by atoms with Gasteiger partial charge in [0.15, 0.2) is 0 Å². The van der Waals surface area contributed by atoms with Crippen LogP contribution in [0, 0.1) is 5.92 Å². The molecule has 0 saturated heterocycles. The molecule has 0 rings (SSSR count). The van der Waals surface area contributed by atoms with Crippen LogP contribution in [0.1, 0.15) is 27.7 Å². The minimum atomic E-state index is -2.90. The summed E-state index contributed by atoms with van der Waals surface area (Å²) in [5.74, 6) is 1.09. The number of allylic oxidation sites excluding steroid dienone is 2. The summed E-state index contributed by atoms with van der Waals surface area (Å²) < 4.78 is 18.6. The fourth-order valence-corrected chi connectivity index (χ4v) is 2.02. The predicted octanol–water partition coefficient (Wildman–Crippen LogP) is 3.62. The molecule has 0 unspecified atom stereocenters. The molecule has 0 radical (unpaired) electrons. The van der Waals surface area contributed by atoms with Crippen LogP contribution in [0.15, 0.2) is 11.3 Å². The van der Waals surface area contributed by atoms with Gasteiger partial charge < -0.3 is 4.43 Å². The normalized spacial score (nSPS) is 11.7. The average Bonchev–Trinajstić information content (AvgIpc) is 1.79. The summed E-state index contributed by atoms with van der Waals surface area (Å²) in [5, 5.41) is 0. The molecule has 0 aromatic rings. The van der Waals surface area contributed by atoms with Gasteiger partial charge in [0.05, 0.1) is 5.76 Å². The molecule has 0 aliphatic rings. The van der Waals surface area contributed by atoms with Gasteiger partial charge in [-0.3, -0.25) is 4.11 Å². The molecule has 0 aliphatic heterocycles. The third kappa shape index (κ3) is 4.54. The fourth-order valence-electron chi connectivity index (χ4n) is 1.06. The van der Waals surface area contributed by atoms with E-state index in [1.165, 1.54) is 0 Å². The van der Waals surface area contributed by atoms with E-state index in [0.717, 1.165) is 11.3 Å². The highest BCUT2D eigenvalue weighted by Gasteiger charge is 2.26. The van der Waals surface area contributed by atoms with Crippen molar-refractivity contribution in [2.75, 3.05) is 0 Å². The molecule has 0 aromatic carbocycles. The van der Waals surface area contributed by atoms with Crippen molar-refractivity contribution in [3.05, 3.63) is 11.3 Å². The van der Waals surface area contributed by atoms with E-state index in [4.69, 9.17) is 4.43 Å². The lowest BCUT2D eigenvalue weighted by atomic mass is 10.1. The fraction of sp³-hybridized carbons (Fsp3) is 0.778. The van der Waals surface area contributed by atoms with Crippen molar-refractivity contribution in [3.8, 4) is 0 Å². The maximum Gasteiger partial charge on any atom is 0.434 e. The maximum atomic E-state index is 13.2. The van der Waals surface area contributed by atoms with Gasteiger partial charge in [0, 0.05) is 5.92 Å². The van der Waals surface area contributed by atoms with Gasteiger partial charge in [-0.05, 0) is 32.5 Å². The minimum Gasteiger partial charge on any atom is -0.521 e. The molecule has 0 heterocycles. The van der Waals surface area contributed by atoms with Crippen molar-refractivity contribution in [2.24, 2.45) is 5.92 Å². The third-order valence-electron chi connectivity index (χ3n) is 1.37. The smallest absolute Gasteiger partial charge is 0.434 e. The first-order chi connectivity index (χ1) is 5.24. The van der Waals surface area contributed by atoms with E-state index in [2.05, 4.69) is 0 Å². The second-order valence-electron chi connectivity index (χ2n) is 3.98. The quantitative estimate of drug-likeness (QED) is 0.375. The predicted molar refractivity (Wildman–Crippen MR) is 52.9 cm³/mol. The third-order valence-corrected chi connectivity index (χ3v) is 2.08. The van der Waals surface area contributed by atoms with Crippen molar-refractivity contribution >= 4 is 8.65 Å². The van der Waals surface area contributed by atoms with Gasteiger partial charge in [-0.1, -0.05) is 13.8 Å². The highest BCUT2D eigenvalue weighted by molar-refractivity contribution is 6.64. The van der Waals surface area contributed by atoms with Gasteiger partial charge >= 0.3 is 8.65 Å². The van der Waals surface area contributed by atoms with Crippen molar-refractivity contribution < 1.29 is 8.53 Å². The first-order valence-electron chi connectivity index (χ1n) is 4.29. The summed E-state index contributed by atoms with van der Waals surface area (Å²) in [6, 6.07) is 0. The molecule has 0 saturated carbocycles. The lowest BCUT2D eigenvalue weighted by Gasteiger charge is -2.21. The van der Waals surface area contributed by atoms with E-state index in [1.807, 2.05) is 27.7 Å². The summed E-state index contributed by atoms with van der Waals surface area (Å²) in [5.41, 5.74) is 1.07. The molecule has 0 bridgehead atoms. The standard InChI is InChI=1S/C9H19FOSi/c1-7(2)9(8(3)4)11-12(5,6)10/h7H,1-6H3. The van der Waals surface area contributed by atoms with Crippen LogP contribution in [0.3, 0.4) is 0 Å². The Hall–Kier alpha value is -0.313. The van der Waals surface area contributed by atoms with Gasteiger partial charge in [0.1, 0.15) is 0 Å².